The highest BCUT2D eigenvalue weighted by Crippen LogP contribution is 2.23. The molecule has 1 aromatic heterocycles. The van der Waals surface area contributed by atoms with Crippen molar-refractivity contribution in [1.82, 2.24) is 20.9 Å². The molecule has 0 saturated carbocycles. The maximum absolute atomic E-state index is 13.8. The smallest absolute Gasteiger partial charge is 0.243 e. The molecule has 2 amide bonds. The number of amides is 2. The number of aromatic nitrogens is 1. The highest BCUT2D eigenvalue weighted by atomic mass is 32.1. The quantitative estimate of drug-likeness (QED) is 0.0920. The van der Waals surface area contributed by atoms with Crippen LogP contribution < -0.4 is 20.7 Å². The van der Waals surface area contributed by atoms with Crippen LogP contribution in [0.2, 0.25) is 0 Å². The van der Waals surface area contributed by atoms with Crippen molar-refractivity contribution in [3.05, 3.63) is 81.3 Å². The van der Waals surface area contributed by atoms with E-state index in [1.807, 2.05) is 89.4 Å². The van der Waals surface area contributed by atoms with E-state index in [4.69, 9.17) is 14.2 Å². The number of hydrogen-bond donors (Lipinski definition) is 4. The van der Waals surface area contributed by atoms with Gasteiger partial charge in [-0.05, 0) is 54.9 Å². The number of aryl methyl sites for hydroxylation is 2. The summed E-state index contributed by atoms with van der Waals surface area (Å²) in [5, 5.41) is 23.0. The SMILES string of the molecule is CCC(C)C(NC(=O)C(CC(O)C(COCc1ccc(C)c(OCCCOC)c1)NCc1cscn1)C(C)C)C(=O)NCc1ccc(C)cc1. The Hall–Kier alpha value is -3.35. The van der Waals surface area contributed by atoms with E-state index >= 15 is 0 Å². The predicted molar refractivity (Wildman–Crippen MR) is 199 cm³/mol. The second-order valence-electron chi connectivity index (χ2n) is 13.5. The van der Waals surface area contributed by atoms with Crippen LogP contribution in [0.5, 0.6) is 5.75 Å². The lowest BCUT2D eigenvalue weighted by molar-refractivity contribution is -0.134. The molecule has 0 aliphatic heterocycles. The molecule has 4 N–H and O–H groups in total. The first-order chi connectivity index (χ1) is 24.0. The van der Waals surface area contributed by atoms with E-state index in [2.05, 4.69) is 20.9 Å². The molecule has 5 atom stereocenters. The molecule has 0 aliphatic rings. The Morgan fingerprint density at radius 2 is 1.72 bits per heavy atom. The minimum atomic E-state index is -0.901. The Labute approximate surface area is 302 Å². The standard InChI is InChI=1S/C39H58N4O6S/c1-8-28(5)37(39(46)41-20-30-13-10-27(4)11-14-30)43-38(45)33(26(2)3)19-35(44)34(40-21-32-24-50-25-42-32)23-48-22-31-15-12-29(6)36(18-31)49-17-9-16-47-7/h10-15,18,24-26,28,33-35,37,40,44H,8-9,16-17,19-23H2,1-7H3,(H,41,46)(H,43,45). The van der Waals surface area contributed by atoms with Gasteiger partial charge >= 0.3 is 0 Å². The number of hydrogen-bond acceptors (Lipinski definition) is 9. The van der Waals surface area contributed by atoms with Crippen LogP contribution in [0.1, 0.15) is 74.9 Å². The largest absolute Gasteiger partial charge is 0.493 e. The van der Waals surface area contributed by atoms with Gasteiger partial charge in [-0.2, -0.15) is 0 Å². The van der Waals surface area contributed by atoms with Gasteiger partial charge < -0.3 is 35.3 Å². The fraction of sp³-hybridized carbons (Fsp3) is 0.564. The first-order valence-electron chi connectivity index (χ1n) is 17.7. The Bertz CT molecular complexity index is 1420. The van der Waals surface area contributed by atoms with Crippen molar-refractivity contribution < 1.29 is 28.9 Å². The van der Waals surface area contributed by atoms with Crippen LogP contribution in [0.15, 0.2) is 53.4 Å². The van der Waals surface area contributed by atoms with Crippen LogP contribution in [0.3, 0.4) is 0 Å². The van der Waals surface area contributed by atoms with E-state index < -0.39 is 24.1 Å². The van der Waals surface area contributed by atoms with Crippen molar-refractivity contribution in [1.29, 1.82) is 0 Å². The second kappa shape index (κ2) is 21.8. The molecule has 10 nitrogen and oxygen atoms in total. The van der Waals surface area contributed by atoms with Crippen molar-refractivity contribution in [2.75, 3.05) is 26.9 Å². The molecule has 0 radical (unpaired) electrons. The average molecular weight is 711 g/mol. The number of thiazole rings is 1. The Kier molecular flexibility index (Phi) is 17.9. The van der Waals surface area contributed by atoms with Gasteiger partial charge in [-0.3, -0.25) is 9.59 Å². The van der Waals surface area contributed by atoms with E-state index in [1.54, 1.807) is 12.6 Å². The number of carbonyl (C=O) groups is 2. The zero-order chi connectivity index (χ0) is 36.5. The summed E-state index contributed by atoms with van der Waals surface area (Å²) < 4.78 is 17.2. The summed E-state index contributed by atoms with van der Waals surface area (Å²) in [6.45, 7) is 14.5. The second-order valence-corrected chi connectivity index (χ2v) is 14.2. The van der Waals surface area contributed by atoms with E-state index in [0.717, 1.165) is 46.5 Å². The van der Waals surface area contributed by atoms with Crippen molar-refractivity contribution in [2.24, 2.45) is 17.8 Å². The molecular formula is C39H58N4O6S. The molecule has 0 saturated heterocycles. The van der Waals surface area contributed by atoms with Gasteiger partial charge in [0.1, 0.15) is 11.8 Å². The molecule has 2 aromatic carbocycles. The third kappa shape index (κ3) is 13.8. The van der Waals surface area contributed by atoms with Gasteiger partial charge in [-0.25, -0.2) is 4.98 Å². The molecule has 0 aliphatic carbocycles. The van der Waals surface area contributed by atoms with Crippen LogP contribution in [0, 0.1) is 31.6 Å². The van der Waals surface area contributed by atoms with Gasteiger partial charge in [0.05, 0.1) is 43.2 Å². The molecule has 0 fully saturated rings. The maximum Gasteiger partial charge on any atom is 0.243 e. The lowest BCUT2D eigenvalue weighted by Crippen LogP contribution is -2.53. The minimum absolute atomic E-state index is 0.0753. The summed E-state index contributed by atoms with van der Waals surface area (Å²) in [5.41, 5.74) is 6.79. The molecule has 0 bridgehead atoms. The number of methoxy groups -OCH3 is 1. The maximum atomic E-state index is 13.8. The number of rotatable bonds is 23. The zero-order valence-electron chi connectivity index (χ0n) is 30.9. The summed E-state index contributed by atoms with van der Waals surface area (Å²) in [4.78, 5) is 31.6. The Balaban J connectivity index is 1.66. The van der Waals surface area contributed by atoms with Crippen molar-refractivity contribution >= 4 is 23.2 Å². The zero-order valence-corrected chi connectivity index (χ0v) is 31.7. The number of ether oxygens (including phenoxy) is 3. The van der Waals surface area contributed by atoms with Crippen LogP contribution in [-0.2, 0) is 38.8 Å². The van der Waals surface area contributed by atoms with Crippen molar-refractivity contribution in [3.63, 3.8) is 0 Å². The Morgan fingerprint density at radius 1 is 0.980 bits per heavy atom. The van der Waals surface area contributed by atoms with E-state index in [1.165, 1.54) is 11.3 Å². The van der Waals surface area contributed by atoms with Crippen LogP contribution in [0.25, 0.3) is 0 Å². The number of nitrogens with one attached hydrogen (secondary N) is 3. The number of carbonyl (C=O) groups excluding carboxylic acids is 2. The van der Waals surface area contributed by atoms with Gasteiger partial charge in [0, 0.05) is 44.5 Å². The van der Waals surface area contributed by atoms with Crippen LogP contribution >= 0.6 is 11.3 Å². The van der Waals surface area contributed by atoms with E-state index in [-0.39, 0.29) is 36.7 Å². The lowest BCUT2D eigenvalue weighted by Gasteiger charge is -2.31. The van der Waals surface area contributed by atoms with Gasteiger partial charge in [-0.15, -0.1) is 11.3 Å². The van der Waals surface area contributed by atoms with Gasteiger partial charge in [0.15, 0.2) is 0 Å². The third-order valence-corrected chi connectivity index (χ3v) is 9.72. The highest BCUT2D eigenvalue weighted by molar-refractivity contribution is 7.07. The summed E-state index contributed by atoms with van der Waals surface area (Å²) in [5.74, 6) is -0.328. The van der Waals surface area contributed by atoms with E-state index in [9.17, 15) is 14.7 Å². The topological polar surface area (TPSA) is 131 Å². The van der Waals surface area contributed by atoms with Crippen LogP contribution in [-0.4, -0.2) is 67.0 Å². The molecule has 276 valence electrons. The Morgan fingerprint density at radius 3 is 2.38 bits per heavy atom. The molecule has 50 heavy (non-hydrogen) atoms. The summed E-state index contributed by atoms with van der Waals surface area (Å²) in [6.07, 6.45) is 0.821. The molecule has 5 unspecified atom stereocenters. The summed E-state index contributed by atoms with van der Waals surface area (Å²) in [6, 6.07) is 12.8. The number of aliphatic hydroxyl groups is 1. The monoisotopic (exact) mass is 710 g/mol. The van der Waals surface area contributed by atoms with Crippen molar-refractivity contribution in [3.8, 4) is 5.75 Å². The number of nitrogens with zero attached hydrogens (tertiary/aromatic N) is 1. The number of benzene rings is 2. The molecule has 1 heterocycles. The molecule has 3 rings (SSSR count). The first-order valence-corrected chi connectivity index (χ1v) is 18.7. The van der Waals surface area contributed by atoms with Crippen LogP contribution in [0.4, 0.5) is 0 Å². The molecule has 3 aromatic rings. The fourth-order valence-corrected chi connectivity index (χ4v) is 6.08. The lowest BCUT2D eigenvalue weighted by atomic mass is 9.86. The van der Waals surface area contributed by atoms with E-state index in [0.29, 0.717) is 32.9 Å². The molecule has 11 heteroatoms. The average Bonchev–Trinajstić information content (AvgIpc) is 3.63. The molecule has 0 spiro atoms. The first kappa shape index (κ1) is 41.1. The van der Waals surface area contributed by atoms with Gasteiger partial charge in [0.2, 0.25) is 11.8 Å². The minimum Gasteiger partial charge on any atom is -0.493 e. The predicted octanol–water partition coefficient (Wildman–Crippen LogP) is 5.72. The fourth-order valence-electron chi connectivity index (χ4n) is 5.52. The van der Waals surface area contributed by atoms with Crippen molar-refractivity contribution in [2.45, 2.75) is 98.7 Å². The highest BCUT2D eigenvalue weighted by Gasteiger charge is 2.33. The summed E-state index contributed by atoms with van der Waals surface area (Å²) >= 11 is 1.51. The summed E-state index contributed by atoms with van der Waals surface area (Å²) in [7, 11) is 1.68. The third-order valence-electron chi connectivity index (χ3n) is 9.08. The molecular weight excluding hydrogens is 653 g/mol. The van der Waals surface area contributed by atoms with Gasteiger partial charge in [-0.1, -0.05) is 76.1 Å². The van der Waals surface area contributed by atoms with Gasteiger partial charge in [0.25, 0.3) is 0 Å². The number of aliphatic hydroxyl groups excluding tert-OH is 1. The normalized spacial score (nSPS) is 14.5.